The number of likely N-dealkylation sites (N-methyl/N-ethyl adjacent to an activating group) is 1. The molecule has 0 unspecified atom stereocenters. The molecule has 0 atom stereocenters. The minimum Gasteiger partial charge on any atom is -0.373 e. The van der Waals surface area contributed by atoms with Crippen LogP contribution in [0.3, 0.4) is 0 Å². The van der Waals surface area contributed by atoms with Crippen molar-refractivity contribution in [2.75, 3.05) is 25.0 Å². The average molecular weight is 218 g/mol. The second kappa shape index (κ2) is 5.90. The maximum absolute atomic E-state index is 3.64. The van der Waals surface area contributed by atoms with Crippen molar-refractivity contribution in [2.45, 2.75) is 31.7 Å². The molecule has 1 saturated carbocycles. The van der Waals surface area contributed by atoms with E-state index in [0.717, 1.165) is 19.1 Å². The van der Waals surface area contributed by atoms with Crippen LogP contribution in [0.25, 0.3) is 0 Å². The highest BCUT2D eigenvalue weighted by atomic mass is 15.1. The van der Waals surface area contributed by atoms with E-state index in [1.54, 1.807) is 0 Å². The fourth-order valence-electron chi connectivity index (χ4n) is 2.38. The molecule has 0 radical (unpaired) electrons. The normalized spacial score (nSPS) is 16.6. The summed E-state index contributed by atoms with van der Waals surface area (Å²) in [6, 6.07) is 11.4. The molecule has 0 amide bonds. The minimum atomic E-state index is 0.782. The summed E-state index contributed by atoms with van der Waals surface area (Å²) in [7, 11) is 2.16. The Kier molecular flexibility index (Phi) is 4.23. The fourth-order valence-corrected chi connectivity index (χ4v) is 2.38. The zero-order valence-corrected chi connectivity index (χ0v) is 10.2. The smallest absolute Gasteiger partial charge is 0.0364 e. The van der Waals surface area contributed by atoms with Gasteiger partial charge in [-0.2, -0.15) is 0 Å². The Morgan fingerprint density at radius 3 is 2.56 bits per heavy atom. The van der Waals surface area contributed by atoms with Crippen LogP contribution in [-0.2, 0) is 0 Å². The molecule has 0 spiro atoms. The van der Waals surface area contributed by atoms with Gasteiger partial charge < -0.3 is 10.2 Å². The van der Waals surface area contributed by atoms with Gasteiger partial charge in [0.25, 0.3) is 0 Å². The summed E-state index contributed by atoms with van der Waals surface area (Å²) in [6.45, 7) is 2.18. The lowest BCUT2D eigenvalue weighted by Crippen LogP contribution is -2.34. The minimum absolute atomic E-state index is 0.782. The summed E-state index contributed by atoms with van der Waals surface area (Å²) in [5.41, 5.74) is 1.30. The van der Waals surface area contributed by atoms with E-state index in [0.29, 0.717) is 0 Å². The van der Waals surface area contributed by atoms with Crippen LogP contribution in [-0.4, -0.2) is 26.2 Å². The third kappa shape index (κ3) is 3.24. The number of hydrogen-bond acceptors (Lipinski definition) is 2. The summed E-state index contributed by atoms with van der Waals surface area (Å²) in [5, 5.41) is 3.64. The van der Waals surface area contributed by atoms with E-state index in [2.05, 4.69) is 47.6 Å². The van der Waals surface area contributed by atoms with Gasteiger partial charge in [-0.25, -0.2) is 0 Å². The monoisotopic (exact) mass is 218 g/mol. The standard InChI is InChI=1S/C14H22N2/c1-16(14-9-3-2-4-10-14)12-11-15-13-7-5-6-8-13/h2-4,9-10,13,15H,5-8,11-12H2,1H3. The first-order valence-electron chi connectivity index (χ1n) is 6.36. The number of anilines is 1. The Bertz CT molecular complexity index is 291. The molecule has 0 aromatic heterocycles. The van der Waals surface area contributed by atoms with E-state index >= 15 is 0 Å². The van der Waals surface area contributed by atoms with Crippen LogP contribution in [0, 0.1) is 0 Å². The molecule has 2 nitrogen and oxygen atoms in total. The second-order valence-electron chi connectivity index (χ2n) is 4.69. The van der Waals surface area contributed by atoms with Gasteiger partial charge in [0.05, 0.1) is 0 Å². The fraction of sp³-hybridized carbons (Fsp3) is 0.571. The van der Waals surface area contributed by atoms with Gasteiger partial charge >= 0.3 is 0 Å². The SMILES string of the molecule is CN(CCNC1CCCC1)c1ccccc1. The van der Waals surface area contributed by atoms with E-state index in [1.807, 2.05) is 0 Å². The molecule has 0 bridgehead atoms. The first-order chi connectivity index (χ1) is 7.86. The van der Waals surface area contributed by atoms with E-state index in [9.17, 15) is 0 Å². The van der Waals surface area contributed by atoms with Crippen LogP contribution in [0.1, 0.15) is 25.7 Å². The van der Waals surface area contributed by atoms with Crippen molar-refractivity contribution >= 4 is 5.69 Å². The van der Waals surface area contributed by atoms with Crippen molar-refractivity contribution in [3.8, 4) is 0 Å². The van der Waals surface area contributed by atoms with Crippen LogP contribution in [0.15, 0.2) is 30.3 Å². The van der Waals surface area contributed by atoms with Crippen molar-refractivity contribution in [1.82, 2.24) is 5.32 Å². The zero-order chi connectivity index (χ0) is 11.2. The molecule has 1 fully saturated rings. The first kappa shape index (κ1) is 11.5. The maximum Gasteiger partial charge on any atom is 0.0364 e. The molecule has 1 aromatic carbocycles. The number of nitrogens with one attached hydrogen (secondary N) is 1. The molecule has 2 rings (SSSR count). The molecular formula is C14H22N2. The Labute approximate surface area is 98.7 Å². The Morgan fingerprint density at radius 1 is 1.19 bits per heavy atom. The predicted molar refractivity (Wildman–Crippen MR) is 70.0 cm³/mol. The van der Waals surface area contributed by atoms with E-state index < -0.39 is 0 Å². The molecule has 1 aliphatic carbocycles. The van der Waals surface area contributed by atoms with Gasteiger partial charge in [0, 0.05) is 31.9 Å². The highest BCUT2D eigenvalue weighted by molar-refractivity contribution is 5.44. The molecule has 88 valence electrons. The largest absolute Gasteiger partial charge is 0.373 e. The molecule has 1 aliphatic rings. The highest BCUT2D eigenvalue weighted by Crippen LogP contribution is 2.17. The lowest BCUT2D eigenvalue weighted by molar-refractivity contribution is 0.528. The summed E-state index contributed by atoms with van der Waals surface area (Å²) < 4.78 is 0. The topological polar surface area (TPSA) is 15.3 Å². The number of para-hydroxylation sites is 1. The van der Waals surface area contributed by atoms with Gasteiger partial charge in [-0.1, -0.05) is 31.0 Å². The molecule has 16 heavy (non-hydrogen) atoms. The molecule has 0 aliphatic heterocycles. The van der Waals surface area contributed by atoms with Crippen molar-refractivity contribution in [1.29, 1.82) is 0 Å². The van der Waals surface area contributed by atoms with Crippen LogP contribution in [0.5, 0.6) is 0 Å². The summed E-state index contributed by atoms with van der Waals surface area (Å²) in [5.74, 6) is 0. The lowest BCUT2D eigenvalue weighted by atomic mass is 10.2. The number of benzene rings is 1. The average Bonchev–Trinajstić information content (AvgIpc) is 2.83. The third-order valence-corrected chi connectivity index (χ3v) is 3.43. The van der Waals surface area contributed by atoms with Crippen molar-refractivity contribution < 1.29 is 0 Å². The van der Waals surface area contributed by atoms with Gasteiger partial charge in [-0.05, 0) is 25.0 Å². The van der Waals surface area contributed by atoms with Crippen molar-refractivity contribution in [3.05, 3.63) is 30.3 Å². The second-order valence-corrected chi connectivity index (χ2v) is 4.69. The van der Waals surface area contributed by atoms with Crippen LogP contribution < -0.4 is 10.2 Å². The predicted octanol–water partition coefficient (Wildman–Crippen LogP) is 2.66. The molecule has 0 saturated heterocycles. The molecule has 1 aromatic rings. The van der Waals surface area contributed by atoms with E-state index in [-0.39, 0.29) is 0 Å². The summed E-state index contributed by atoms with van der Waals surface area (Å²) in [6.07, 6.45) is 5.56. The van der Waals surface area contributed by atoms with Crippen LogP contribution in [0.2, 0.25) is 0 Å². The molecule has 0 heterocycles. The number of rotatable bonds is 5. The van der Waals surface area contributed by atoms with E-state index in [4.69, 9.17) is 0 Å². The van der Waals surface area contributed by atoms with Gasteiger partial charge in [0.2, 0.25) is 0 Å². The number of hydrogen-bond donors (Lipinski definition) is 1. The van der Waals surface area contributed by atoms with Crippen LogP contribution >= 0.6 is 0 Å². The summed E-state index contributed by atoms with van der Waals surface area (Å²) >= 11 is 0. The zero-order valence-electron chi connectivity index (χ0n) is 10.2. The number of nitrogens with zero attached hydrogens (tertiary/aromatic N) is 1. The first-order valence-corrected chi connectivity index (χ1v) is 6.36. The van der Waals surface area contributed by atoms with Crippen molar-refractivity contribution in [3.63, 3.8) is 0 Å². The van der Waals surface area contributed by atoms with Gasteiger partial charge in [-0.3, -0.25) is 0 Å². The maximum atomic E-state index is 3.64. The van der Waals surface area contributed by atoms with E-state index in [1.165, 1.54) is 31.4 Å². The molecular weight excluding hydrogens is 196 g/mol. The van der Waals surface area contributed by atoms with Crippen LogP contribution in [0.4, 0.5) is 5.69 Å². The highest BCUT2D eigenvalue weighted by Gasteiger charge is 2.13. The van der Waals surface area contributed by atoms with Crippen molar-refractivity contribution in [2.24, 2.45) is 0 Å². The molecule has 1 N–H and O–H groups in total. The van der Waals surface area contributed by atoms with Gasteiger partial charge in [0.1, 0.15) is 0 Å². The van der Waals surface area contributed by atoms with Gasteiger partial charge in [0.15, 0.2) is 0 Å². The quantitative estimate of drug-likeness (QED) is 0.817. The summed E-state index contributed by atoms with van der Waals surface area (Å²) in [4.78, 5) is 2.31. The molecule has 2 heteroatoms. The lowest BCUT2D eigenvalue weighted by Gasteiger charge is -2.21. The Morgan fingerprint density at radius 2 is 1.88 bits per heavy atom. The van der Waals surface area contributed by atoms with Gasteiger partial charge in [-0.15, -0.1) is 0 Å². The Balaban J connectivity index is 1.69. The third-order valence-electron chi connectivity index (χ3n) is 3.43. The Hall–Kier alpha value is -1.02.